The van der Waals surface area contributed by atoms with Crippen LogP contribution in [0.4, 0.5) is 0 Å². The molecule has 2 N–H and O–H groups in total. The highest BCUT2D eigenvalue weighted by Crippen LogP contribution is 2.05. The molecule has 1 aromatic rings. The van der Waals surface area contributed by atoms with Gasteiger partial charge in [-0.15, -0.1) is 0 Å². The standard InChI is InChI=1S/C14H24N2/c1-3-4-10-14(15)12-16(2)11-13-8-6-5-7-9-13/h5-9,14H,3-4,10-12,15H2,1-2H3. The van der Waals surface area contributed by atoms with Crippen LogP contribution in [0.3, 0.4) is 0 Å². The predicted octanol–water partition coefficient (Wildman–Crippen LogP) is 2.64. The molecule has 1 rings (SSSR count). The highest BCUT2D eigenvalue weighted by Gasteiger charge is 2.06. The van der Waals surface area contributed by atoms with E-state index in [9.17, 15) is 0 Å². The molecule has 0 saturated heterocycles. The summed E-state index contributed by atoms with van der Waals surface area (Å²) in [5.41, 5.74) is 7.43. The van der Waals surface area contributed by atoms with E-state index in [4.69, 9.17) is 5.73 Å². The summed E-state index contributed by atoms with van der Waals surface area (Å²) < 4.78 is 0. The molecule has 2 heteroatoms. The molecule has 90 valence electrons. The molecule has 0 aliphatic carbocycles. The van der Waals surface area contributed by atoms with Crippen molar-refractivity contribution >= 4 is 0 Å². The second-order valence-electron chi connectivity index (χ2n) is 4.58. The normalized spacial score (nSPS) is 13.0. The average Bonchev–Trinajstić information content (AvgIpc) is 2.27. The van der Waals surface area contributed by atoms with Gasteiger partial charge in [-0.3, -0.25) is 0 Å². The highest BCUT2D eigenvalue weighted by atomic mass is 15.1. The van der Waals surface area contributed by atoms with Gasteiger partial charge in [0.05, 0.1) is 0 Å². The molecule has 0 fully saturated rings. The second kappa shape index (κ2) is 7.42. The van der Waals surface area contributed by atoms with E-state index in [0.717, 1.165) is 19.5 Å². The van der Waals surface area contributed by atoms with Gasteiger partial charge in [-0.2, -0.15) is 0 Å². The van der Waals surface area contributed by atoms with E-state index in [1.54, 1.807) is 0 Å². The number of hydrogen-bond acceptors (Lipinski definition) is 2. The number of rotatable bonds is 7. The molecule has 0 heterocycles. The van der Waals surface area contributed by atoms with E-state index >= 15 is 0 Å². The van der Waals surface area contributed by atoms with Crippen LogP contribution >= 0.6 is 0 Å². The molecule has 0 spiro atoms. The molecular formula is C14H24N2. The Kier molecular flexibility index (Phi) is 6.12. The third-order valence-electron chi connectivity index (χ3n) is 2.77. The molecule has 0 bridgehead atoms. The Morgan fingerprint density at radius 3 is 2.56 bits per heavy atom. The third kappa shape index (κ3) is 5.29. The number of unbranched alkanes of at least 4 members (excludes halogenated alkanes) is 1. The van der Waals surface area contributed by atoms with Crippen LogP contribution in [0.15, 0.2) is 30.3 Å². The fraction of sp³-hybridized carbons (Fsp3) is 0.571. The van der Waals surface area contributed by atoms with E-state index in [0.29, 0.717) is 6.04 Å². The monoisotopic (exact) mass is 220 g/mol. The highest BCUT2D eigenvalue weighted by molar-refractivity contribution is 5.14. The smallest absolute Gasteiger partial charge is 0.0231 e. The number of nitrogens with zero attached hydrogens (tertiary/aromatic N) is 1. The second-order valence-corrected chi connectivity index (χ2v) is 4.58. The molecule has 1 unspecified atom stereocenters. The van der Waals surface area contributed by atoms with E-state index in [1.165, 1.54) is 18.4 Å². The minimum atomic E-state index is 0.314. The molecule has 0 saturated carbocycles. The van der Waals surface area contributed by atoms with Crippen LogP contribution in [0.25, 0.3) is 0 Å². The number of benzene rings is 1. The average molecular weight is 220 g/mol. The van der Waals surface area contributed by atoms with Crippen LogP contribution in [-0.4, -0.2) is 24.5 Å². The van der Waals surface area contributed by atoms with E-state index in [1.807, 2.05) is 0 Å². The summed E-state index contributed by atoms with van der Waals surface area (Å²) in [6.45, 7) is 4.18. The molecule has 2 nitrogen and oxygen atoms in total. The molecule has 0 aliphatic rings. The van der Waals surface area contributed by atoms with Crippen molar-refractivity contribution in [3.8, 4) is 0 Å². The fourth-order valence-electron chi connectivity index (χ4n) is 1.92. The van der Waals surface area contributed by atoms with Gasteiger partial charge < -0.3 is 10.6 Å². The molecule has 1 atom stereocenters. The van der Waals surface area contributed by atoms with Crippen LogP contribution < -0.4 is 5.73 Å². The summed E-state index contributed by atoms with van der Waals surface area (Å²) in [4.78, 5) is 2.30. The Bertz CT molecular complexity index is 271. The van der Waals surface area contributed by atoms with Crippen molar-refractivity contribution in [3.63, 3.8) is 0 Å². The predicted molar refractivity (Wildman–Crippen MR) is 70.3 cm³/mol. The number of hydrogen-bond donors (Lipinski definition) is 1. The number of nitrogens with two attached hydrogens (primary N) is 1. The molecule has 0 aliphatic heterocycles. The first-order valence-electron chi connectivity index (χ1n) is 6.20. The van der Waals surface area contributed by atoms with Gasteiger partial charge in [0.15, 0.2) is 0 Å². The van der Waals surface area contributed by atoms with Crippen molar-refractivity contribution in [2.75, 3.05) is 13.6 Å². The first-order valence-corrected chi connectivity index (χ1v) is 6.20. The lowest BCUT2D eigenvalue weighted by Crippen LogP contribution is -2.34. The summed E-state index contributed by atoms with van der Waals surface area (Å²) in [6, 6.07) is 10.9. The molecule has 1 aromatic carbocycles. The maximum atomic E-state index is 6.07. The van der Waals surface area contributed by atoms with E-state index < -0.39 is 0 Å². The minimum absolute atomic E-state index is 0.314. The van der Waals surface area contributed by atoms with Gasteiger partial charge in [-0.25, -0.2) is 0 Å². The zero-order valence-electron chi connectivity index (χ0n) is 10.5. The van der Waals surface area contributed by atoms with Gasteiger partial charge in [0.25, 0.3) is 0 Å². The Morgan fingerprint density at radius 1 is 1.25 bits per heavy atom. The quantitative estimate of drug-likeness (QED) is 0.765. The zero-order chi connectivity index (χ0) is 11.8. The van der Waals surface area contributed by atoms with Gasteiger partial charge in [-0.1, -0.05) is 50.1 Å². The molecule has 0 aromatic heterocycles. The van der Waals surface area contributed by atoms with Crippen molar-refractivity contribution < 1.29 is 0 Å². The van der Waals surface area contributed by atoms with Gasteiger partial charge in [-0.05, 0) is 19.0 Å². The summed E-state index contributed by atoms with van der Waals surface area (Å²) in [6.07, 6.45) is 3.60. The van der Waals surface area contributed by atoms with Crippen LogP contribution in [0.5, 0.6) is 0 Å². The molecule has 16 heavy (non-hydrogen) atoms. The van der Waals surface area contributed by atoms with Gasteiger partial charge in [0, 0.05) is 19.1 Å². The largest absolute Gasteiger partial charge is 0.327 e. The lowest BCUT2D eigenvalue weighted by molar-refractivity contribution is 0.295. The van der Waals surface area contributed by atoms with Gasteiger partial charge in [0.2, 0.25) is 0 Å². The van der Waals surface area contributed by atoms with E-state index in [-0.39, 0.29) is 0 Å². The third-order valence-corrected chi connectivity index (χ3v) is 2.77. The van der Waals surface area contributed by atoms with Crippen molar-refractivity contribution in [1.82, 2.24) is 4.90 Å². The first-order chi connectivity index (χ1) is 7.72. The maximum Gasteiger partial charge on any atom is 0.0231 e. The van der Waals surface area contributed by atoms with Crippen LogP contribution in [0, 0.1) is 0 Å². The maximum absolute atomic E-state index is 6.07. The van der Waals surface area contributed by atoms with Gasteiger partial charge >= 0.3 is 0 Å². The lowest BCUT2D eigenvalue weighted by atomic mass is 10.1. The van der Waals surface area contributed by atoms with Crippen molar-refractivity contribution in [2.24, 2.45) is 5.73 Å². The van der Waals surface area contributed by atoms with Crippen LogP contribution in [-0.2, 0) is 6.54 Å². The lowest BCUT2D eigenvalue weighted by Gasteiger charge is -2.21. The molecule has 0 amide bonds. The minimum Gasteiger partial charge on any atom is -0.327 e. The van der Waals surface area contributed by atoms with Crippen molar-refractivity contribution in [2.45, 2.75) is 38.8 Å². The zero-order valence-corrected chi connectivity index (χ0v) is 10.5. The molecular weight excluding hydrogens is 196 g/mol. The summed E-state index contributed by atoms with van der Waals surface area (Å²) in [5, 5.41) is 0. The molecule has 0 radical (unpaired) electrons. The SMILES string of the molecule is CCCCC(N)CN(C)Cc1ccccc1. The van der Waals surface area contributed by atoms with Crippen LogP contribution in [0.2, 0.25) is 0 Å². The summed E-state index contributed by atoms with van der Waals surface area (Å²) in [5.74, 6) is 0. The Morgan fingerprint density at radius 2 is 1.94 bits per heavy atom. The summed E-state index contributed by atoms with van der Waals surface area (Å²) >= 11 is 0. The fourth-order valence-corrected chi connectivity index (χ4v) is 1.92. The number of likely N-dealkylation sites (N-methyl/N-ethyl adjacent to an activating group) is 1. The topological polar surface area (TPSA) is 29.3 Å². The van der Waals surface area contributed by atoms with Crippen LogP contribution in [0.1, 0.15) is 31.7 Å². The van der Waals surface area contributed by atoms with E-state index in [2.05, 4.69) is 49.2 Å². The Hall–Kier alpha value is -0.860. The Balaban J connectivity index is 2.27. The first kappa shape index (κ1) is 13.2. The Labute approximate surface area is 99.5 Å². The summed E-state index contributed by atoms with van der Waals surface area (Å²) in [7, 11) is 2.14. The van der Waals surface area contributed by atoms with Crippen molar-refractivity contribution in [3.05, 3.63) is 35.9 Å². The van der Waals surface area contributed by atoms with Gasteiger partial charge in [0.1, 0.15) is 0 Å². The van der Waals surface area contributed by atoms with Crippen molar-refractivity contribution in [1.29, 1.82) is 0 Å².